The number of aryl methyl sites for hydroxylation is 1. The number of anilines is 1. The lowest BCUT2D eigenvalue weighted by molar-refractivity contribution is -0.115. The molecule has 0 unspecified atom stereocenters. The zero-order valence-electron chi connectivity index (χ0n) is 16.1. The summed E-state index contributed by atoms with van der Waals surface area (Å²) in [5.41, 5.74) is 2.43. The molecule has 1 amide bonds. The summed E-state index contributed by atoms with van der Waals surface area (Å²) in [6.45, 7) is 1.92. The average molecular weight is 383 g/mol. The van der Waals surface area contributed by atoms with Crippen molar-refractivity contribution in [2.75, 3.05) is 26.6 Å². The van der Waals surface area contributed by atoms with Crippen LogP contribution in [0.5, 0.6) is 17.2 Å². The number of nitrogens with one attached hydrogen (secondary N) is 1. The van der Waals surface area contributed by atoms with Gasteiger partial charge < -0.3 is 18.6 Å². The number of methoxy groups -OCH3 is 3. The van der Waals surface area contributed by atoms with Crippen molar-refractivity contribution in [3.63, 3.8) is 0 Å². The van der Waals surface area contributed by atoms with Gasteiger partial charge in [0.05, 0.1) is 27.8 Å². The van der Waals surface area contributed by atoms with Crippen molar-refractivity contribution in [3.05, 3.63) is 47.5 Å². The molecule has 0 bridgehead atoms. The fourth-order valence-corrected chi connectivity index (χ4v) is 2.72. The van der Waals surface area contributed by atoms with Gasteiger partial charge >= 0.3 is 6.01 Å². The van der Waals surface area contributed by atoms with Crippen molar-refractivity contribution < 1.29 is 23.4 Å². The molecule has 28 heavy (non-hydrogen) atoms. The van der Waals surface area contributed by atoms with Crippen molar-refractivity contribution in [2.24, 2.45) is 0 Å². The van der Waals surface area contributed by atoms with E-state index in [2.05, 4.69) is 15.5 Å². The number of ether oxygens (including phenoxy) is 3. The molecule has 0 aliphatic heterocycles. The summed E-state index contributed by atoms with van der Waals surface area (Å²) in [5.74, 6) is 1.94. The Morgan fingerprint density at radius 1 is 1.00 bits per heavy atom. The molecule has 0 aliphatic carbocycles. The number of benzene rings is 2. The van der Waals surface area contributed by atoms with Gasteiger partial charge in [0.2, 0.25) is 11.8 Å². The summed E-state index contributed by atoms with van der Waals surface area (Å²) in [5, 5.41) is 10.5. The van der Waals surface area contributed by atoms with Crippen LogP contribution in [-0.2, 0) is 11.2 Å². The van der Waals surface area contributed by atoms with Gasteiger partial charge in [-0.3, -0.25) is 10.1 Å². The Labute approximate surface area is 162 Å². The van der Waals surface area contributed by atoms with E-state index in [4.69, 9.17) is 18.6 Å². The zero-order chi connectivity index (χ0) is 20.1. The number of carbonyl (C=O) groups is 1. The van der Waals surface area contributed by atoms with Crippen LogP contribution in [0.25, 0.3) is 11.5 Å². The summed E-state index contributed by atoms with van der Waals surface area (Å²) in [6, 6.07) is 10.8. The largest absolute Gasteiger partial charge is 0.497 e. The number of hydrogen-bond donors (Lipinski definition) is 1. The highest BCUT2D eigenvalue weighted by Gasteiger charge is 2.14. The molecule has 146 valence electrons. The molecule has 3 aromatic rings. The molecule has 0 spiro atoms. The lowest BCUT2D eigenvalue weighted by Crippen LogP contribution is -2.14. The van der Waals surface area contributed by atoms with Gasteiger partial charge in [-0.2, -0.15) is 0 Å². The van der Waals surface area contributed by atoms with Crippen molar-refractivity contribution >= 4 is 11.9 Å². The molecule has 0 saturated heterocycles. The summed E-state index contributed by atoms with van der Waals surface area (Å²) in [7, 11) is 4.72. The third-order valence-electron chi connectivity index (χ3n) is 4.09. The number of carbonyl (C=O) groups excluding carboxylic acids is 1. The van der Waals surface area contributed by atoms with Crippen LogP contribution in [0, 0.1) is 6.92 Å². The molecule has 1 heterocycles. The summed E-state index contributed by atoms with van der Waals surface area (Å²) in [4.78, 5) is 12.3. The second-order valence-electron chi connectivity index (χ2n) is 6.04. The van der Waals surface area contributed by atoms with Gasteiger partial charge in [0.15, 0.2) is 0 Å². The van der Waals surface area contributed by atoms with Crippen LogP contribution < -0.4 is 19.5 Å². The first-order chi connectivity index (χ1) is 13.5. The molecular formula is C20H21N3O5. The van der Waals surface area contributed by atoms with E-state index in [1.165, 1.54) is 0 Å². The summed E-state index contributed by atoms with van der Waals surface area (Å²) in [6.07, 6.45) is 0.176. The minimum absolute atomic E-state index is 0.0204. The van der Waals surface area contributed by atoms with Gasteiger partial charge in [0, 0.05) is 11.6 Å². The minimum Gasteiger partial charge on any atom is -0.497 e. The van der Waals surface area contributed by atoms with Gasteiger partial charge in [-0.1, -0.05) is 17.2 Å². The topological polar surface area (TPSA) is 95.7 Å². The van der Waals surface area contributed by atoms with E-state index in [9.17, 15) is 4.79 Å². The quantitative estimate of drug-likeness (QED) is 0.669. The first kappa shape index (κ1) is 19.2. The highest BCUT2D eigenvalue weighted by atomic mass is 16.5. The molecule has 0 atom stereocenters. The summed E-state index contributed by atoms with van der Waals surface area (Å²) < 4.78 is 21.2. The Hall–Kier alpha value is -3.55. The molecule has 8 heteroatoms. The molecule has 8 nitrogen and oxygen atoms in total. The van der Waals surface area contributed by atoms with Gasteiger partial charge in [0.1, 0.15) is 17.2 Å². The molecule has 1 N–H and O–H groups in total. The van der Waals surface area contributed by atoms with E-state index < -0.39 is 0 Å². The highest BCUT2D eigenvalue weighted by molar-refractivity contribution is 5.90. The first-order valence-corrected chi connectivity index (χ1v) is 8.52. The van der Waals surface area contributed by atoms with Gasteiger partial charge in [-0.15, -0.1) is 5.10 Å². The third-order valence-corrected chi connectivity index (χ3v) is 4.09. The average Bonchev–Trinajstić information content (AvgIpc) is 3.16. The second-order valence-corrected chi connectivity index (χ2v) is 6.04. The molecule has 0 fully saturated rings. The number of aromatic nitrogens is 2. The smallest absolute Gasteiger partial charge is 0.322 e. The van der Waals surface area contributed by atoms with E-state index in [1.807, 2.05) is 25.1 Å². The monoisotopic (exact) mass is 383 g/mol. The van der Waals surface area contributed by atoms with Gasteiger partial charge in [-0.05, 0) is 36.2 Å². The SMILES string of the molecule is COc1cc(OC)cc(-c2nnc(NC(=O)Cc3ccc(OC)c(C)c3)o2)c1. The molecule has 3 rings (SSSR count). The number of rotatable bonds is 7. The number of hydrogen-bond acceptors (Lipinski definition) is 7. The maximum Gasteiger partial charge on any atom is 0.322 e. The van der Waals surface area contributed by atoms with E-state index in [-0.39, 0.29) is 24.2 Å². The molecule has 0 radical (unpaired) electrons. The summed E-state index contributed by atoms with van der Waals surface area (Å²) >= 11 is 0. The third kappa shape index (κ3) is 4.40. The lowest BCUT2D eigenvalue weighted by atomic mass is 10.1. The van der Waals surface area contributed by atoms with E-state index >= 15 is 0 Å². The Balaban J connectivity index is 1.70. The van der Waals surface area contributed by atoms with Crippen molar-refractivity contribution in [2.45, 2.75) is 13.3 Å². The maximum absolute atomic E-state index is 12.3. The molecular weight excluding hydrogens is 362 g/mol. The normalized spacial score (nSPS) is 10.4. The Bertz CT molecular complexity index is 961. The van der Waals surface area contributed by atoms with Crippen molar-refractivity contribution in [3.8, 4) is 28.7 Å². The van der Waals surface area contributed by atoms with Crippen LogP contribution in [0.2, 0.25) is 0 Å². The van der Waals surface area contributed by atoms with Crippen molar-refractivity contribution in [1.29, 1.82) is 0 Å². The lowest BCUT2D eigenvalue weighted by Gasteiger charge is -2.07. The standard InChI is InChI=1S/C20H21N3O5/c1-12-7-13(5-6-17(12)27-4)8-18(24)21-20-23-22-19(28-20)14-9-15(25-2)11-16(10-14)26-3/h5-7,9-11H,8H2,1-4H3,(H,21,23,24). The fourth-order valence-electron chi connectivity index (χ4n) is 2.72. The van der Waals surface area contributed by atoms with E-state index in [0.29, 0.717) is 17.1 Å². The van der Waals surface area contributed by atoms with Crippen LogP contribution in [0.3, 0.4) is 0 Å². The maximum atomic E-state index is 12.3. The Morgan fingerprint density at radius 3 is 2.32 bits per heavy atom. The second kappa shape index (κ2) is 8.43. The van der Waals surface area contributed by atoms with Crippen LogP contribution in [0.15, 0.2) is 40.8 Å². The molecule has 1 aromatic heterocycles. The predicted octanol–water partition coefficient (Wildman–Crippen LogP) is 3.25. The number of amides is 1. The van der Waals surface area contributed by atoms with Crippen molar-refractivity contribution in [1.82, 2.24) is 10.2 Å². The van der Waals surface area contributed by atoms with Crippen LogP contribution >= 0.6 is 0 Å². The molecule has 2 aromatic carbocycles. The van der Waals surface area contributed by atoms with Gasteiger partial charge in [0.25, 0.3) is 0 Å². The molecule has 0 saturated carbocycles. The Morgan fingerprint density at radius 2 is 1.71 bits per heavy atom. The van der Waals surface area contributed by atoms with Gasteiger partial charge in [-0.25, -0.2) is 0 Å². The van der Waals surface area contributed by atoms with Crippen LogP contribution in [-0.4, -0.2) is 37.4 Å². The fraction of sp³-hybridized carbons (Fsp3) is 0.250. The highest BCUT2D eigenvalue weighted by Crippen LogP contribution is 2.29. The molecule has 0 aliphatic rings. The van der Waals surface area contributed by atoms with Crippen LogP contribution in [0.1, 0.15) is 11.1 Å². The zero-order valence-corrected chi connectivity index (χ0v) is 16.1. The van der Waals surface area contributed by atoms with Crippen LogP contribution in [0.4, 0.5) is 6.01 Å². The number of nitrogens with zero attached hydrogens (tertiary/aromatic N) is 2. The van der Waals surface area contributed by atoms with E-state index in [1.54, 1.807) is 39.5 Å². The van der Waals surface area contributed by atoms with E-state index in [0.717, 1.165) is 16.9 Å². The Kier molecular flexibility index (Phi) is 5.78. The first-order valence-electron chi connectivity index (χ1n) is 8.52. The minimum atomic E-state index is -0.261. The predicted molar refractivity (Wildman–Crippen MR) is 103 cm³/mol.